The third kappa shape index (κ3) is 5.77. The highest BCUT2D eigenvalue weighted by molar-refractivity contribution is 5.89. The van der Waals surface area contributed by atoms with Crippen molar-refractivity contribution in [3.8, 4) is 5.88 Å². The van der Waals surface area contributed by atoms with Gasteiger partial charge in [0.05, 0.1) is 31.8 Å². The van der Waals surface area contributed by atoms with Crippen molar-refractivity contribution in [3.05, 3.63) is 30.2 Å². The van der Waals surface area contributed by atoms with E-state index in [2.05, 4.69) is 30.1 Å². The normalized spacial score (nSPS) is 21.5. The Labute approximate surface area is 203 Å². The smallest absolute Gasteiger partial charge is 0.356 e. The quantitative estimate of drug-likeness (QED) is 0.471. The van der Waals surface area contributed by atoms with E-state index in [-0.39, 0.29) is 12.1 Å². The first-order chi connectivity index (χ1) is 16.8. The number of nitrogens with one attached hydrogen (secondary N) is 1. The van der Waals surface area contributed by atoms with Crippen molar-refractivity contribution >= 4 is 29.7 Å². The Balaban J connectivity index is 0.000000165. The van der Waals surface area contributed by atoms with E-state index in [1.807, 2.05) is 27.0 Å². The van der Waals surface area contributed by atoms with Gasteiger partial charge in [0, 0.05) is 26.2 Å². The molecule has 2 atom stereocenters. The molecule has 0 aliphatic carbocycles. The molecule has 0 radical (unpaired) electrons. The molecule has 0 aromatic carbocycles. The minimum Gasteiger partial charge on any atom is -0.474 e. The molecule has 2 bridgehead atoms. The average molecular weight is 487 g/mol. The third-order valence-electron chi connectivity index (χ3n) is 5.95. The molecule has 1 amide bonds. The maximum Gasteiger partial charge on any atom is 0.356 e. The van der Waals surface area contributed by atoms with Crippen molar-refractivity contribution < 1.29 is 28.5 Å². The number of likely N-dealkylation sites (N-methyl/N-ethyl adjacent to an activating group) is 1. The Kier molecular flexibility index (Phi) is 7.31. The van der Waals surface area contributed by atoms with Gasteiger partial charge in [-0.3, -0.25) is 4.79 Å². The van der Waals surface area contributed by atoms with E-state index in [1.165, 1.54) is 19.5 Å². The molecule has 12 nitrogen and oxygen atoms in total. The summed E-state index contributed by atoms with van der Waals surface area (Å²) in [6.45, 7) is 6.67. The van der Waals surface area contributed by atoms with E-state index in [0.29, 0.717) is 43.1 Å². The number of nitrogens with zero attached hydrogens (tertiary/aromatic N) is 5. The van der Waals surface area contributed by atoms with E-state index < -0.39 is 5.79 Å². The fourth-order valence-electron chi connectivity index (χ4n) is 4.16. The summed E-state index contributed by atoms with van der Waals surface area (Å²) in [5.74, 6) is 0.701. The van der Waals surface area contributed by atoms with Crippen LogP contribution in [0.2, 0.25) is 0 Å². The summed E-state index contributed by atoms with van der Waals surface area (Å²) >= 11 is 0. The molecule has 2 aromatic rings. The molecule has 12 heteroatoms. The molecule has 0 saturated carbocycles. The molecular weight excluding hydrogens is 456 g/mol. The number of pyridine rings is 1. The lowest BCUT2D eigenvalue weighted by atomic mass is 10.2. The summed E-state index contributed by atoms with van der Waals surface area (Å²) in [7, 11) is 3.42. The predicted octanol–water partition coefficient (Wildman–Crippen LogP) is 1.47. The van der Waals surface area contributed by atoms with Crippen molar-refractivity contribution in [3.63, 3.8) is 0 Å². The second-order valence-corrected chi connectivity index (χ2v) is 8.79. The van der Waals surface area contributed by atoms with Crippen molar-refractivity contribution in [2.24, 2.45) is 0 Å². The fourth-order valence-corrected chi connectivity index (χ4v) is 4.16. The monoisotopic (exact) mass is 486 g/mol. The lowest BCUT2D eigenvalue weighted by Gasteiger charge is -2.34. The fraction of sp³-hybridized carbons (Fsp3) is 0.522. The highest BCUT2D eigenvalue weighted by Crippen LogP contribution is 2.37. The molecule has 2 saturated heterocycles. The molecule has 2 unspecified atom stereocenters. The summed E-state index contributed by atoms with van der Waals surface area (Å²) in [6.07, 6.45) is 4.43. The largest absolute Gasteiger partial charge is 0.474 e. The number of anilines is 3. The summed E-state index contributed by atoms with van der Waals surface area (Å²) < 4.78 is 21.1. The lowest BCUT2D eigenvalue weighted by Crippen LogP contribution is -2.40. The highest BCUT2D eigenvalue weighted by Gasteiger charge is 2.35. The van der Waals surface area contributed by atoms with Gasteiger partial charge in [-0.15, -0.1) is 0 Å². The first kappa shape index (κ1) is 24.6. The van der Waals surface area contributed by atoms with E-state index in [1.54, 1.807) is 6.07 Å². The van der Waals surface area contributed by atoms with Crippen LogP contribution in [0, 0.1) is 0 Å². The van der Waals surface area contributed by atoms with Gasteiger partial charge in [0.1, 0.15) is 12.7 Å². The van der Waals surface area contributed by atoms with Crippen molar-refractivity contribution in [2.75, 3.05) is 55.6 Å². The Morgan fingerprint density at radius 2 is 2.14 bits per heavy atom. The summed E-state index contributed by atoms with van der Waals surface area (Å²) in [5.41, 5.74) is 1.49. The van der Waals surface area contributed by atoms with Gasteiger partial charge in [0.2, 0.25) is 12.3 Å². The van der Waals surface area contributed by atoms with Crippen LogP contribution < -0.4 is 19.9 Å². The highest BCUT2D eigenvalue weighted by atomic mass is 16.7. The Hall–Kier alpha value is -3.51. The lowest BCUT2D eigenvalue weighted by molar-refractivity contribution is -0.141. The molecule has 3 aliphatic rings. The van der Waals surface area contributed by atoms with E-state index in [0.717, 1.165) is 31.0 Å². The SMILES string of the molecule is CC1(C)OCC(COc2cnc(NC=O)cn2)O1.COC(=O)c1ccc2c(n1)N(C)C1CCN2C1. The molecule has 0 spiro atoms. The van der Waals surface area contributed by atoms with Crippen LogP contribution in [0.1, 0.15) is 30.8 Å². The predicted molar refractivity (Wildman–Crippen MR) is 127 cm³/mol. The number of ether oxygens (including phenoxy) is 4. The van der Waals surface area contributed by atoms with E-state index in [4.69, 9.17) is 18.9 Å². The van der Waals surface area contributed by atoms with Crippen LogP contribution in [0.3, 0.4) is 0 Å². The molecule has 35 heavy (non-hydrogen) atoms. The van der Waals surface area contributed by atoms with Gasteiger partial charge in [-0.2, -0.15) is 0 Å². The van der Waals surface area contributed by atoms with Gasteiger partial charge < -0.3 is 34.1 Å². The number of hydrogen-bond donors (Lipinski definition) is 1. The van der Waals surface area contributed by atoms with Gasteiger partial charge in [-0.25, -0.2) is 19.7 Å². The van der Waals surface area contributed by atoms with Gasteiger partial charge in [0.15, 0.2) is 23.1 Å². The van der Waals surface area contributed by atoms with Crippen LogP contribution in [0.4, 0.5) is 17.3 Å². The van der Waals surface area contributed by atoms with Crippen molar-refractivity contribution in [1.29, 1.82) is 0 Å². The number of carbonyl (C=O) groups is 2. The summed E-state index contributed by atoms with van der Waals surface area (Å²) in [6, 6.07) is 4.21. The third-order valence-corrected chi connectivity index (χ3v) is 5.95. The molecular formula is C23H30N6O6. The zero-order chi connectivity index (χ0) is 25.0. The van der Waals surface area contributed by atoms with Gasteiger partial charge in [-0.1, -0.05) is 0 Å². The second-order valence-electron chi connectivity index (χ2n) is 8.79. The standard InChI is InChI=1S/C12H15N3O2.C11H15N3O4/c1-14-8-5-6-15(7-8)10-4-3-9(12(16)17-2)13-11(10)14;1-11(2)17-6-8(18-11)5-16-10-4-12-9(3-13-10)14-7-15/h3-4,8H,5-7H2,1-2H3;3-4,7-8H,5-6H2,1-2H3,(H,12,14,15). The minimum atomic E-state index is -0.558. The van der Waals surface area contributed by atoms with Gasteiger partial charge >= 0.3 is 5.97 Å². The number of aromatic nitrogens is 3. The maximum atomic E-state index is 11.5. The molecule has 5 heterocycles. The van der Waals surface area contributed by atoms with Gasteiger partial charge in [-0.05, 0) is 32.4 Å². The number of hydrogen-bond acceptors (Lipinski definition) is 11. The number of amides is 1. The number of esters is 1. The van der Waals surface area contributed by atoms with Crippen molar-refractivity contribution in [2.45, 2.75) is 38.2 Å². The topological polar surface area (TPSA) is 128 Å². The number of methoxy groups -OCH3 is 1. The van der Waals surface area contributed by atoms with Crippen LogP contribution in [0.25, 0.3) is 0 Å². The molecule has 2 fully saturated rings. The summed E-state index contributed by atoms with van der Waals surface area (Å²) in [5, 5.41) is 2.39. The minimum absolute atomic E-state index is 0.116. The van der Waals surface area contributed by atoms with E-state index >= 15 is 0 Å². The second kappa shape index (κ2) is 10.4. The molecule has 1 N–H and O–H groups in total. The zero-order valence-corrected chi connectivity index (χ0v) is 20.3. The number of rotatable bonds is 6. The van der Waals surface area contributed by atoms with Crippen molar-refractivity contribution in [1.82, 2.24) is 15.0 Å². The molecule has 2 aromatic heterocycles. The number of fused-ring (bicyclic) bond motifs is 4. The average Bonchev–Trinajstić information content (AvgIpc) is 3.46. The van der Waals surface area contributed by atoms with Crippen LogP contribution in [0.15, 0.2) is 24.5 Å². The van der Waals surface area contributed by atoms with E-state index in [9.17, 15) is 9.59 Å². The van der Waals surface area contributed by atoms with Crippen LogP contribution in [0.5, 0.6) is 5.88 Å². The Morgan fingerprint density at radius 1 is 1.31 bits per heavy atom. The molecule has 188 valence electrons. The zero-order valence-electron chi connectivity index (χ0n) is 20.3. The van der Waals surface area contributed by atoms with Crippen LogP contribution >= 0.6 is 0 Å². The summed E-state index contributed by atoms with van der Waals surface area (Å²) in [4.78, 5) is 38.5. The molecule has 5 rings (SSSR count). The number of carbonyl (C=O) groups excluding carboxylic acids is 2. The van der Waals surface area contributed by atoms with Crippen LogP contribution in [-0.2, 0) is 19.0 Å². The maximum absolute atomic E-state index is 11.5. The Morgan fingerprint density at radius 3 is 2.80 bits per heavy atom. The van der Waals surface area contributed by atoms with Crippen LogP contribution in [-0.4, -0.2) is 85.7 Å². The first-order valence-corrected chi connectivity index (χ1v) is 11.3. The van der Waals surface area contributed by atoms with Gasteiger partial charge in [0.25, 0.3) is 0 Å². The first-order valence-electron chi connectivity index (χ1n) is 11.3. The molecule has 3 aliphatic heterocycles. The Bertz CT molecular complexity index is 1050.